The van der Waals surface area contributed by atoms with E-state index in [0.717, 1.165) is 34.8 Å². The average molecular weight is 325 g/mol. The van der Waals surface area contributed by atoms with Gasteiger partial charge in [0.2, 0.25) is 12.7 Å². The lowest BCUT2D eigenvalue weighted by Gasteiger charge is -2.04. The molecule has 0 radical (unpaired) electrons. The van der Waals surface area contributed by atoms with Crippen LogP contribution in [-0.4, -0.2) is 26.4 Å². The third kappa shape index (κ3) is 4.07. The van der Waals surface area contributed by atoms with E-state index in [0.29, 0.717) is 6.54 Å². The van der Waals surface area contributed by atoms with Gasteiger partial charge in [-0.25, -0.2) is 0 Å². The fourth-order valence-corrected chi connectivity index (χ4v) is 2.40. The smallest absolute Gasteiger partial charge is 0.244 e. The van der Waals surface area contributed by atoms with Crippen LogP contribution in [0, 0.1) is 0 Å². The quantitative estimate of drug-likeness (QED) is 0.830. The van der Waals surface area contributed by atoms with Crippen molar-refractivity contribution in [2.24, 2.45) is 0 Å². The Kier molecular flexibility index (Phi) is 5.01. The molecule has 0 saturated heterocycles. The highest BCUT2D eigenvalue weighted by Gasteiger charge is 2.12. The van der Waals surface area contributed by atoms with Crippen molar-refractivity contribution in [3.63, 3.8) is 0 Å². The van der Waals surface area contributed by atoms with Crippen molar-refractivity contribution in [1.82, 2.24) is 5.32 Å². The minimum Gasteiger partial charge on any atom is -0.497 e. The Labute approximate surface area is 140 Å². The molecule has 0 atom stereocenters. The van der Waals surface area contributed by atoms with Gasteiger partial charge in [-0.1, -0.05) is 18.2 Å². The van der Waals surface area contributed by atoms with E-state index in [4.69, 9.17) is 14.2 Å². The number of carbonyl (C=O) groups is 1. The zero-order valence-corrected chi connectivity index (χ0v) is 13.5. The van der Waals surface area contributed by atoms with Gasteiger partial charge in [0.1, 0.15) is 5.75 Å². The van der Waals surface area contributed by atoms with Crippen LogP contribution in [0.3, 0.4) is 0 Å². The van der Waals surface area contributed by atoms with E-state index in [-0.39, 0.29) is 12.7 Å². The highest BCUT2D eigenvalue weighted by molar-refractivity contribution is 5.91. The van der Waals surface area contributed by atoms with Gasteiger partial charge < -0.3 is 19.5 Å². The number of nitrogens with one attached hydrogen (secondary N) is 1. The first kappa shape index (κ1) is 15.9. The Bertz CT molecular complexity index is 755. The first-order valence-corrected chi connectivity index (χ1v) is 7.73. The Hall–Kier alpha value is -2.95. The topological polar surface area (TPSA) is 56.8 Å². The third-order valence-corrected chi connectivity index (χ3v) is 3.67. The van der Waals surface area contributed by atoms with E-state index in [1.54, 1.807) is 13.2 Å². The second-order valence-corrected chi connectivity index (χ2v) is 5.34. The molecule has 1 aliphatic rings. The average Bonchev–Trinajstić information content (AvgIpc) is 3.08. The molecule has 2 aromatic carbocycles. The monoisotopic (exact) mass is 325 g/mol. The number of hydrogen-bond donors (Lipinski definition) is 1. The number of fused-ring (bicyclic) bond motifs is 1. The van der Waals surface area contributed by atoms with Gasteiger partial charge in [0.25, 0.3) is 0 Å². The van der Waals surface area contributed by atoms with Gasteiger partial charge in [-0.15, -0.1) is 0 Å². The van der Waals surface area contributed by atoms with E-state index < -0.39 is 0 Å². The standard InChI is InChI=1S/C19H19NO4/c1-22-16-4-2-3-14(11-16)6-8-19(21)20-10-9-15-5-7-17-18(12-15)24-13-23-17/h2-8,11-12H,9-10,13H2,1H3,(H,20,21)/b8-6+. The third-order valence-electron chi connectivity index (χ3n) is 3.67. The van der Waals surface area contributed by atoms with Crippen molar-refractivity contribution < 1.29 is 19.0 Å². The van der Waals surface area contributed by atoms with Crippen LogP contribution in [0.15, 0.2) is 48.5 Å². The molecule has 124 valence electrons. The first-order valence-electron chi connectivity index (χ1n) is 7.73. The summed E-state index contributed by atoms with van der Waals surface area (Å²) >= 11 is 0. The summed E-state index contributed by atoms with van der Waals surface area (Å²) in [5, 5.41) is 2.87. The molecule has 5 nitrogen and oxygen atoms in total. The van der Waals surface area contributed by atoms with Crippen LogP contribution in [0.2, 0.25) is 0 Å². The predicted octanol–water partition coefficient (Wildman–Crippen LogP) is 2.80. The van der Waals surface area contributed by atoms with E-state index >= 15 is 0 Å². The zero-order valence-electron chi connectivity index (χ0n) is 13.5. The van der Waals surface area contributed by atoms with Crippen molar-refractivity contribution >= 4 is 12.0 Å². The van der Waals surface area contributed by atoms with Crippen LogP contribution in [0.5, 0.6) is 17.2 Å². The molecule has 1 aliphatic heterocycles. The van der Waals surface area contributed by atoms with Crippen molar-refractivity contribution in [3.8, 4) is 17.2 Å². The fraction of sp³-hybridized carbons (Fsp3) is 0.211. The number of amides is 1. The first-order chi connectivity index (χ1) is 11.7. The van der Waals surface area contributed by atoms with Crippen LogP contribution in [0.1, 0.15) is 11.1 Å². The SMILES string of the molecule is COc1cccc(/C=C/C(=O)NCCc2ccc3c(c2)OCO3)c1. The highest BCUT2D eigenvalue weighted by Crippen LogP contribution is 2.32. The predicted molar refractivity (Wildman–Crippen MR) is 91.3 cm³/mol. The minimum absolute atomic E-state index is 0.126. The maximum Gasteiger partial charge on any atom is 0.244 e. The lowest BCUT2D eigenvalue weighted by Crippen LogP contribution is -2.23. The van der Waals surface area contributed by atoms with Crippen LogP contribution in [-0.2, 0) is 11.2 Å². The Balaban J connectivity index is 1.48. The summed E-state index contributed by atoms with van der Waals surface area (Å²) in [5.74, 6) is 2.17. The molecule has 0 spiro atoms. The molecule has 0 aromatic heterocycles. The summed E-state index contributed by atoms with van der Waals surface area (Å²) < 4.78 is 15.8. The molecular formula is C19H19NO4. The lowest BCUT2D eigenvalue weighted by atomic mass is 10.1. The molecule has 0 unspecified atom stereocenters. The molecule has 1 N–H and O–H groups in total. The van der Waals surface area contributed by atoms with Crippen LogP contribution in [0.4, 0.5) is 0 Å². The molecule has 3 rings (SSSR count). The maximum absolute atomic E-state index is 11.9. The minimum atomic E-state index is -0.126. The summed E-state index contributed by atoms with van der Waals surface area (Å²) in [6, 6.07) is 13.3. The number of hydrogen-bond acceptors (Lipinski definition) is 4. The summed E-state index contributed by atoms with van der Waals surface area (Å²) in [4.78, 5) is 11.9. The molecule has 24 heavy (non-hydrogen) atoms. The zero-order chi connectivity index (χ0) is 16.8. The van der Waals surface area contributed by atoms with E-state index in [2.05, 4.69) is 5.32 Å². The summed E-state index contributed by atoms with van der Waals surface area (Å²) in [5.41, 5.74) is 2.01. The molecular weight excluding hydrogens is 306 g/mol. The van der Waals surface area contributed by atoms with Gasteiger partial charge in [0.05, 0.1) is 7.11 Å². The normalized spacial score (nSPS) is 12.4. The van der Waals surface area contributed by atoms with Gasteiger partial charge in [0.15, 0.2) is 11.5 Å². The van der Waals surface area contributed by atoms with E-state index in [9.17, 15) is 4.79 Å². The van der Waals surface area contributed by atoms with Crippen LogP contribution < -0.4 is 19.5 Å². The Morgan fingerprint density at radius 3 is 2.96 bits per heavy atom. The number of carbonyl (C=O) groups excluding carboxylic acids is 1. The van der Waals surface area contributed by atoms with Crippen molar-refractivity contribution in [2.45, 2.75) is 6.42 Å². The van der Waals surface area contributed by atoms with Crippen LogP contribution >= 0.6 is 0 Å². The van der Waals surface area contributed by atoms with Gasteiger partial charge >= 0.3 is 0 Å². The van der Waals surface area contributed by atoms with E-state index in [1.165, 1.54) is 6.08 Å². The fourth-order valence-electron chi connectivity index (χ4n) is 2.40. The highest BCUT2D eigenvalue weighted by atomic mass is 16.7. The number of ether oxygens (including phenoxy) is 3. The molecule has 0 fully saturated rings. The summed E-state index contributed by atoms with van der Waals surface area (Å²) in [6.45, 7) is 0.825. The summed E-state index contributed by atoms with van der Waals surface area (Å²) in [7, 11) is 1.62. The molecule has 1 heterocycles. The summed E-state index contributed by atoms with van der Waals surface area (Å²) in [6.07, 6.45) is 4.02. The van der Waals surface area contributed by atoms with Crippen LogP contribution in [0.25, 0.3) is 6.08 Å². The molecule has 2 aromatic rings. The number of benzene rings is 2. The number of rotatable bonds is 6. The van der Waals surface area contributed by atoms with Crippen molar-refractivity contribution in [2.75, 3.05) is 20.4 Å². The molecule has 0 aliphatic carbocycles. The largest absolute Gasteiger partial charge is 0.497 e. The van der Waals surface area contributed by atoms with Gasteiger partial charge in [-0.2, -0.15) is 0 Å². The van der Waals surface area contributed by atoms with Crippen molar-refractivity contribution in [1.29, 1.82) is 0 Å². The van der Waals surface area contributed by atoms with Gasteiger partial charge in [-0.05, 0) is 47.9 Å². The van der Waals surface area contributed by atoms with Crippen molar-refractivity contribution in [3.05, 3.63) is 59.7 Å². The van der Waals surface area contributed by atoms with E-state index in [1.807, 2.05) is 42.5 Å². The Morgan fingerprint density at radius 2 is 2.08 bits per heavy atom. The lowest BCUT2D eigenvalue weighted by molar-refractivity contribution is -0.116. The molecule has 0 saturated carbocycles. The maximum atomic E-state index is 11.9. The molecule has 5 heteroatoms. The molecule has 1 amide bonds. The van der Waals surface area contributed by atoms with Gasteiger partial charge in [0, 0.05) is 12.6 Å². The molecule has 0 bridgehead atoms. The Morgan fingerprint density at radius 1 is 1.21 bits per heavy atom. The second-order valence-electron chi connectivity index (χ2n) is 5.34. The van der Waals surface area contributed by atoms with Gasteiger partial charge in [-0.3, -0.25) is 4.79 Å². The number of methoxy groups -OCH3 is 1. The second kappa shape index (κ2) is 7.55.